The van der Waals surface area contributed by atoms with Crippen molar-refractivity contribution >= 4 is 23.7 Å². The zero-order chi connectivity index (χ0) is 16.8. The molecule has 0 saturated heterocycles. The lowest BCUT2D eigenvalue weighted by atomic mass is 10.2. The number of carbonyl (C=O) groups is 2. The predicted octanol–water partition coefficient (Wildman–Crippen LogP) is 2.47. The van der Waals surface area contributed by atoms with Gasteiger partial charge in [-0.15, -0.1) is 0 Å². The van der Waals surface area contributed by atoms with Crippen molar-refractivity contribution in [3.05, 3.63) is 41.3 Å². The first kappa shape index (κ1) is 16.9. The molecule has 0 fully saturated rings. The third-order valence-corrected chi connectivity index (χ3v) is 3.93. The molecule has 0 bridgehead atoms. The number of benzene rings is 1. The van der Waals surface area contributed by atoms with Crippen LogP contribution >= 0.6 is 11.8 Å². The van der Waals surface area contributed by atoms with E-state index in [9.17, 15) is 14.7 Å². The number of aromatic amines is 1. The summed E-state index contributed by atoms with van der Waals surface area (Å²) in [6.07, 6.45) is 0. The predicted molar refractivity (Wildman–Crippen MR) is 83.6 cm³/mol. The molecule has 122 valence electrons. The quantitative estimate of drug-likeness (QED) is 0.591. The summed E-state index contributed by atoms with van der Waals surface area (Å²) in [4.78, 5) is 28.9. The van der Waals surface area contributed by atoms with Crippen molar-refractivity contribution in [2.45, 2.75) is 24.3 Å². The third-order valence-electron chi connectivity index (χ3n) is 2.88. The lowest BCUT2D eigenvalue weighted by Gasteiger charge is -2.02. The standard InChI is InChI=1S/C15H16N2O5S/c1-9(18)22-7-12-16-13(15(19)20)14(17-12)23-8-10-3-5-11(21-2)6-4-10/h3-6H,7-8H2,1-2H3,(H,16,17)(H,19,20). The molecule has 0 aliphatic heterocycles. The lowest BCUT2D eigenvalue weighted by molar-refractivity contribution is -0.142. The van der Waals surface area contributed by atoms with Crippen molar-refractivity contribution in [3.63, 3.8) is 0 Å². The van der Waals surface area contributed by atoms with E-state index in [1.165, 1.54) is 18.7 Å². The number of aromatic nitrogens is 2. The molecule has 0 saturated carbocycles. The molecule has 2 N–H and O–H groups in total. The van der Waals surface area contributed by atoms with Crippen LogP contribution < -0.4 is 4.74 Å². The number of carboxylic acids is 1. The van der Waals surface area contributed by atoms with Crippen molar-refractivity contribution in [2.75, 3.05) is 7.11 Å². The van der Waals surface area contributed by atoms with Crippen LogP contribution in [-0.2, 0) is 21.9 Å². The Morgan fingerprint density at radius 3 is 2.57 bits per heavy atom. The number of thioether (sulfide) groups is 1. The van der Waals surface area contributed by atoms with Gasteiger partial charge in [0, 0.05) is 12.7 Å². The largest absolute Gasteiger partial charge is 0.497 e. The summed E-state index contributed by atoms with van der Waals surface area (Å²) in [5.41, 5.74) is 1.00. The fourth-order valence-electron chi connectivity index (χ4n) is 1.77. The van der Waals surface area contributed by atoms with Gasteiger partial charge in [0.25, 0.3) is 0 Å². The zero-order valence-corrected chi connectivity index (χ0v) is 13.5. The normalized spacial score (nSPS) is 10.3. The Balaban J connectivity index is 2.07. The minimum absolute atomic E-state index is 0.00864. The van der Waals surface area contributed by atoms with Crippen LogP contribution in [0.4, 0.5) is 0 Å². The molecule has 1 aromatic heterocycles. The van der Waals surface area contributed by atoms with Crippen LogP contribution in [0, 0.1) is 0 Å². The van der Waals surface area contributed by atoms with E-state index < -0.39 is 11.9 Å². The van der Waals surface area contributed by atoms with Crippen LogP contribution in [0.15, 0.2) is 29.3 Å². The van der Waals surface area contributed by atoms with Gasteiger partial charge in [0.1, 0.15) is 23.2 Å². The summed E-state index contributed by atoms with van der Waals surface area (Å²) in [6, 6.07) is 7.48. The number of hydrogen-bond acceptors (Lipinski definition) is 6. The van der Waals surface area contributed by atoms with Gasteiger partial charge in [-0.25, -0.2) is 9.78 Å². The molecule has 1 heterocycles. The Hall–Kier alpha value is -2.48. The van der Waals surface area contributed by atoms with E-state index in [1.807, 2.05) is 24.3 Å². The van der Waals surface area contributed by atoms with Gasteiger partial charge in [-0.3, -0.25) is 4.79 Å². The Bertz CT molecular complexity index is 696. The highest BCUT2D eigenvalue weighted by atomic mass is 32.2. The van der Waals surface area contributed by atoms with E-state index in [1.54, 1.807) is 7.11 Å². The number of methoxy groups -OCH3 is 1. The number of hydrogen-bond donors (Lipinski definition) is 2. The van der Waals surface area contributed by atoms with Crippen LogP contribution in [0.3, 0.4) is 0 Å². The van der Waals surface area contributed by atoms with Gasteiger partial charge in [-0.1, -0.05) is 23.9 Å². The van der Waals surface area contributed by atoms with Crippen LogP contribution in [0.5, 0.6) is 5.75 Å². The number of esters is 1. The van der Waals surface area contributed by atoms with Crippen LogP contribution in [0.25, 0.3) is 0 Å². The Labute approximate surface area is 137 Å². The number of imidazole rings is 1. The molecule has 8 heteroatoms. The zero-order valence-electron chi connectivity index (χ0n) is 12.7. The van der Waals surface area contributed by atoms with Crippen molar-refractivity contribution in [3.8, 4) is 5.75 Å². The minimum atomic E-state index is -1.11. The number of nitrogens with zero attached hydrogens (tertiary/aromatic N) is 1. The Kier molecular flexibility index (Phi) is 5.64. The average Bonchev–Trinajstić information content (AvgIpc) is 2.95. The van der Waals surface area contributed by atoms with Crippen molar-refractivity contribution in [1.82, 2.24) is 9.97 Å². The van der Waals surface area contributed by atoms with E-state index in [4.69, 9.17) is 9.47 Å². The van der Waals surface area contributed by atoms with Gasteiger partial charge in [0.15, 0.2) is 5.69 Å². The first-order valence-electron chi connectivity index (χ1n) is 6.71. The minimum Gasteiger partial charge on any atom is -0.497 e. The second-order valence-corrected chi connectivity index (χ2v) is 5.55. The number of H-pyrrole nitrogens is 1. The third kappa shape index (κ3) is 4.75. The molecule has 2 rings (SSSR count). The van der Waals surface area contributed by atoms with Crippen molar-refractivity contribution in [1.29, 1.82) is 0 Å². The van der Waals surface area contributed by atoms with Gasteiger partial charge < -0.3 is 19.6 Å². The van der Waals surface area contributed by atoms with Crippen molar-refractivity contribution in [2.24, 2.45) is 0 Å². The van der Waals surface area contributed by atoms with Crippen LogP contribution in [-0.4, -0.2) is 34.1 Å². The van der Waals surface area contributed by atoms with Gasteiger partial charge in [0.2, 0.25) is 0 Å². The molecule has 0 amide bonds. The number of aromatic carboxylic acids is 1. The summed E-state index contributed by atoms with van der Waals surface area (Å²) in [5, 5.41) is 9.57. The average molecular weight is 336 g/mol. The monoisotopic (exact) mass is 336 g/mol. The smallest absolute Gasteiger partial charge is 0.355 e. The fraction of sp³-hybridized carbons (Fsp3) is 0.267. The van der Waals surface area contributed by atoms with Gasteiger partial charge in [-0.2, -0.15) is 0 Å². The van der Waals surface area contributed by atoms with Gasteiger partial charge in [-0.05, 0) is 17.7 Å². The molecule has 0 spiro atoms. The number of carboxylic acid groups (broad SMARTS) is 1. The maximum atomic E-state index is 11.3. The highest BCUT2D eigenvalue weighted by Crippen LogP contribution is 2.26. The van der Waals surface area contributed by atoms with Gasteiger partial charge >= 0.3 is 11.9 Å². The van der Waals surface area contributed by atoms with Crippen LogP contribution in [0.2, 0.25) is 0 Å². The molecule has 7 nitrogen and oxygen atoms in total. The molecule has 23 heavy (non-hydrogen) atoms. The maximum absolute atomic E-state index is 11.3. The molecule has 0 aliphatic rings. The van der Waals surface area contributed by atoms with E-state index in [0.717, 1.165) is 11.3 Å². The molecule has 2 aromatic rings. The Morgan fingerprint density at radius 2 is 2.00 bits per heavy atom. The molecule has 1 aromatic carbocycles. The second kappa shape index (κ2) is 7.68. The molecule has 0 radical (unpaired) electrons. The molecular formula is C15H16N2O5S. The highest BCUT2D eigenvalue weighted by molar-refractivity contribution is 7.98. The fourth-order valence-corrected chi connectivity index (χ4v) is 2.72. The lowest BCUT2D eigenvalue weighted by Crippen LogP contribution is -2.01. The molecule has 0 unspecified atom stereocenters. The molecular weight excluding hydrogens is 320 g/mol. The summed E-state index contributed by atoms with van der Waals surface area (Å²) in [6.45, 7) is 1.19. The Morgan fingerprint density at radius 1 is 1.30 bits per heavy atom. The SMILES string of the molecule is COc1ccc(CSc2nc(COC(C)=O)[nH]c2C(=O)O)cc1. The number of rotatable bonds is 7. The summed E-state index contributed by atoms with van der Waals surface area (Å²) >= 11 is 1.29. The first-order valence-corrected chi connectivity index (χ1v) is 7.69. The number of nitrogens with one attached hydrogen (secondary N) is 1. The first-order chi connectivity index (χ1) is 11.0. The maximum Gasteiger partial charge on any atom is 0.355 e. The summed E-state index contributed by atoms with van der Waals surface area (Å²) in [7, 11) is 1.59. The molecule has 0 aliphatic carbocycles. The number of ether oxygens (including phenoxy) is 2. The van der Waals surface area contributed by atoms with Crippen molar-refractivity contribution < 1.29 is 24.2 Å². The van der Waals surface area contributed by atoms with E-state index >= 15 is 0 Å². The van der Waals surface area contributed by atoms with E-state index in [0.29, 0.717) is 16.6 Å². The topological polar surface area (TPSA) is 102 Å². The van der Waals surface area contributed by atoms with E-state index in [2.05, 4.69) is 9.97 Å². The summed E-state index contributed by atoms with van der Waals surface area (Å²) < 4.78 is 9.90. The van der Waals surface area contributed by atoms with E-state index in [-0.39, 0.29) is 12.3 Å². The molecule has 0 atom stereocenters. The number of carbonyl (C=O) groups excluding carboxylic acids is 1. The highest BCUT2D eigenvalue weighted by Gasteiger charge is 2.17. The summed E-state index contributed by atoms with van der Waals surface area (Å²) in [5.74, 6) is 0.0556. The van der Waals surface area contributed by atoms with Crippen LogP contribution in [0.1, 0.15) is 28.8 Å². The van der Waals surface area contributed by atoms with Gasteiger partial charge in [0.05, 0.1) is 7.11 Å². The second-order valence-electron chi connectivity index (χ2n) is 4.59.